The van der Waals surface area contributed by atoms with Gasteiger partial charge in [0.15, 0.2) is 0 Å². The van der Waals surface area contributed by atoms with Crippen molar-refractivity contribution >= 4 is 16.0 Å². The number of aliphatic carboxylic acids is 1. The topological polar surface area (TPSA) is 92.7 Å². The van der Waals surface area contributed by atoms with Crippen LogP contribution in [-0.4, -0.2) is 32.6 Å². The van der Waals surface area contributed by atoms with E-state index >= 15 is 0 Å². The number of ether oxygens (including phenoxy) is 1. The molecule has 0 amide bonds. The van der Waals surface area contributed by atoms with E-state index in [9.17, 15) is 13.2 Å². The molecule has 0 aromatic heterocycles. The Hall–Kier alpha value is -1.60. The Labute approximate surface area is 125 Å². The standard InChI is InChI=1S/C14H21NO5S/c1-9(2)7-11(14(16)17)15-21(18,19)13-8-10(3)5-6-12(13)20-4/h5-6,8-9,11,15H,7H2,1-4H3,(H,16,17)/t11-/m0/s1. The van der Waals surface area contributed by atoms with Gasteiger partial charge in [-0.1, -0.05) is 19.9 Å². The molecule has 0 heterocycles. The summed E-state index contributed by atoms with van der Waals surface area (Å²) in [6.45, 7) is 5.41. The molecule has 118 valence electrons. The summed E-state index contributed by atoms with van der Waals surface area (Å²) in [7, 11) is -2.60. The molecule has 0 aliphatic heterocycles. The highest BCUT2D eigenvalue weighted by Gasteiger charge is 2.28. The third-order valence-corrected chi connectivity index (χ3v) is 4.40. The molecule has 1 rings (SSSR count). The lowest BCUT2D eigenvalue weighted by molar-refractivity contribution is -0.139. The van der Waals surface area contributed by atoms with Crippen molar-refractivity contribution in [3.63, 3.8) is 0 Å². The summed E-state index contributed by atoms with van der Waals surface area (Å²) in [6, 6.07) is 3.55. The number of carbonyl (C=O) groups is 1. The van der Waals surface area contributed by atoms with E-state index in [-0.39, 0.29) is 23.0 Å². The summed E-state index contributed by atoms with van der Waals surface area (Å²) >= 11 is 0. The molecule has 0 fully saturated rings. The van der Waals surface area contributed by atoms with E-state index in [1.165, 1.54) is 13.2 Å². The van der Waals surface area contributed by atoms with Crippen LogP contribution in [0.4, 0.5) is 0 Å². The van der Waals surface area contributed by atoms with E-state index < -0.39 is 22.0 Å². The number of methoxy groups -OCH3 is 1. The van der Waals surface area contributed by atoms with E-state index in [1.54, 1.807) is 19.1 Å². The highest BCUT2D eigenvalue weighted by atomic mass is 32.2. The zero-order chi connectivity index (χ0) is 16.2. The molecule has 0 radical (unpaired) electrons. The fraction of sp³-hybridized carbons (Fsp3) is 0.500. The minimum atomic E-state index is -3.97. The minimum absolute atomic E-state index is 0.0493. The van der Waals surface area contributed by atoms with Crippen LogP contribution in [0, 0.1) is 12.8 Å². The van der Waals surface area contributed by atoms with Crippen LogP contribution in [0.15, 0.2) is 23.1 Å². The zero-order valence-corrected chi connectivity index (χ0v) is 13.4. The molecular weight excluding hydrogens is 294 g/mol. The van der Waals surface area contributed by atoms with Crippen LogP contribution in [0.3, 0.4) is 0 Å². The van der Waals surface area contributed by atoms with Crippen LogP contribution < -0.4 is 9.46 Å². The van der Waals surface area contributed by atoms with Crippen molar-refractivity contribution < 1.29 is 23.1 Å². The smallest absolute Gasteiger partial charge is 0.321 e. The lowest BCUT2D eigenvalue weighted by atomic mass is 10.1. The van der Waals surface area contributed by atoms with Crippen molar-refractivity contribution in [2.75, 3.05) is 7.11 Å². The third kappa shape index (κ3) is 4.71. The van der Waals surface area contributed by atoms with Crippen molar-refractivity contribution in [1.29, 1.82) is 0 Å². The van der Waals surface area contributed by atoms with Gasteiger partial charge in [0.05, 0.1) is 7.11 Å². The van der Waals surface area contributed by atoms with Gasteiger partial charge >= 0.3 is 5.97 Å². The van der Waals surface area contributed by atoms with E-state index in [0.717, 1.165) is 5.56 Å². The normalized spacial score (nSPS) is 13.2. The Balaban J connectivity index is 3.16. The quantitative estimate of drug-likeness (QED) is 0.800. The second-order valence-corrected chi connectivity index (χ2v) is 6.98. The highest BCUT2D eigenvalue weighted by Crippen LogP contribution is 2.25. The first-order chi connectivity index (χ1) is 9.67. The molecule has 21 heavy (non-hydrogen) atoms. The van der Waals surface area contributed by atoms with Gasteiger partial charge in [0.2, 0.25) is 10.0 Å². The minimum Gasteiger partial charge on any atom is -0.495 e. The molecule has 7 heteroatoms. The molecule has 0 aliphatic rings. The monoisotopic (exact) mass is 315 g/mol. The lowest BCUT2D eigenvalue weighted by Crippen LogP contribution is -2.41. The number of nitrogens with one attached hydrogen (secondary N) is 1. The predicted octanol–water partition coefficient (Wildman–Crippen LogP) is 1.78. The van der Waals surface area contributed by atoms with Crippen molar-refractivity contribution in [3.05, 3.63) is 23.8 Å². The average molecular weight is 315 g/mol. The van der Waals surface area contributed by atoms with Crippen molar-refractivity contribution in [1.82, 2.24) is 4.72 Å². The van der Waals surface area contributed by atoms with Crippen molar-refractivity contribution in [3.8, 4) is 5.75 Å². The summed E-state index contributed by atoms with van der Waals surface area (Å²) in [5.74, 6) is -0.964. The molecule has 1 aromatic rings. The maximum atomic E-state index is 12.4. The molecule has 1 aromatic carbocycles. The van der Waals surface area contributed by atoms with Gasteiger partial charge in [-0.2, -0.15) is 4.72 Å². The van der Waals surface area contributed by atoms with Crippen LogP contribution in [0.2, 0.25) is 0 Å². The summed E-state index contributed by atoms with van der Waals surface area (Å²) in [5.41, 5.74) is 0.743. The molecule has 1 atom stereocenters. The highest BCUT2D eigenvalue weighted by molar-refractivity contribution is 7.89. The summed E-state index contributed by atoms with van der Waals surface area (Å²) in [4.78, 5) is 11.2. The Morgan fingerprint density at radius 2 is 2.00 bits per heavy atom. The van der Waals surface area contributed by atoms with E-state index in [2.05, 4.69) is 4.72 Å². The van der Waals surface area contributed by atoms with Gasteiger partial charge in [-0.15, -0.1) is 0 Å². The molecule has 0 spiro atoms. The van der Waals surface area contributed by atoms with Crippen LogP contribution in [0.1, 0.15) is 25.8 Å². The first-order valence-electron chi connectivity index (χ1n) is 6.57. The number of carboxylic acid groups (broad SMARTS) is 1. The number of rotatable bonds is 7. The van der Waals surface area contributed by atoms with E-state index in [1.807, 2.05) is 13.8 Å². The maximum Gasteiger partial charge on any atom is 0.321 e. The van der Waals surface area contributed by atoms with Crippen LogP contribution in [-0.2, 0) is 14.8 Å². The third-order valence-electron chi connectivity index (χ3n) is 2.91. The van der Waals surface area contributed by atoms with E-state index in [4.69, 9.17) is 9.84 Å². The molecule has 2 N–H and O–H groups in total. The molecule has 0 saturated carbocycles. The Kier molecular flexibility index (Phi) is 5.74. The first kappa shape index (κ1) is 17.5. The van der Waals surface area contributed by atoms with Crippen LogP contribution >= 0.6 is 0 Å². The average Bonchev–Trinajstić information content (AvgIpc) is 2.37. The number of hydrogen-bond donors (Lipinski definition) is 2. The summed E-state index contributed by atoms with van der Waals surface area (Å²) < 4.78 is 32.1. The molecular formula is C14H21NO5S. The maximum absolute atomic E-state index is 12.4. The SMILES string of the molecule is COc1ccc(C)cc1S(=O)(=O)N[C@@H](CC(C)C)C(=O)O. The largest absolute Gasteiger partial charge is 0.495 e. The second kappa shape index (κ2) is 6.91. The van der Waals surface area contributed by atoms with Gasteiger partial charge in [-0.3, -0.25) is 4.79 Å². The summed E-state index contributed by atoms with van der Waals surface area (Å²) in [5, 5.41) is 9.16. The van der Waals surface area contributed by atoms with Gasteiger partial charge in [0, 0.05) is 0 Å². The second-order valence-electron chi connectivity index (χ2n) is 5.30. The van der Waals surface area contributed by atoms with E-state index in [0.29, 0.717) is 0 Å². The van der Waals surface area contributed by atoms with Gasteiger partial charge in [0.1, 0.15) is 16.7 Å². The number of aryl methyl sites for hydroxylation is 1. The molecule has 0 saturated heterocycles. The number of hydrogen-bond acceptors (Lipinski definition) is 4. The van der Waals surface area contributed by atoms with Gasteiger partial charge in [-0.25, -0.2) is 8.42 Å². The van der Waals surface area contributed by atoms with Crippen LogP contribution in [0.25, 0.3) is 0 Å². The predicted molar refractivity (Wildman–Crippen MR) is 78.9 cm³/mol. The molecule has 6 nitrogen and oxygen atoms in total. The Morgan fingerprint density at radius 1 is 1.38 bits per heavy atom. The van der Waals surface area contributed by atoms with Gasteiger partial charge < -0.3 is 9.84 Å². The molecule has 0 aliphatic carbocycles. The fourth-order valence-electron chi connectivity index (χ4n) is 1.92. The number of benzene rings is 1. The molecule has 0 bridgehead atoms. The number of carboxylic acids is 1. The lowest BCUT2D eigenvalue weighted by Gasteiger charge is -2.18. The Morgan fingerprint density at radius 3 is 2.48 bits per heavy atom. The van der Waals surface area contributed by atoms with Gasteiger partial charge in [-0.05, 0) is 37.0 Å². The van der Waals surface area contributed by atoms with Crippen molar-refractivity contribution in [2.45, 2.75) is 38.1 Å². The Bertz CT molecular complexity index is 610. The van der Waals surface area contributed by atoms with Crippen LogP contribution in [0.5, 0.6) is 5.75 Å². The summed E-state index contributed by atoms with van der Waals surface area (Å²) in [6.07, 6.45) is 0.211. The molecule has 0 unspecified atom stereocenters. The first-order valence-corrected chi connectivity index (χ1v) is 8.05. The zero-order valence-electron chi connectivity index (χ0n) is 12.6. The van der Waals surface area contributed by atoms with Gasteiger partial charge in [0.25, 0.3) is 0 Å². The fourth-order valence-corrected chi connectivity index (χ4v) is 3.37. The number of sulfonamides is 1. The van der Waals surface area contributed by atoms with Crippen molar-refractivity contribution in [2.24, 2.45) is 5.92 Å².